The molecule has 29 heavy (non-hydrogen) atoms. The normalized spacial score (nSPS) is 12.2. The van der Waals surface area contributed by atoms with Gasteiger partial charge in [0.2, 0.25) is 11.1 Å². The second kappa shape index (κ2) is 8.19. The van der Waals surface area contributed by atoms with Crippen molar-refractivity contribution in [3.8, 4) is 5.95 Å². The number of nitrogens with zero attached hydrogens (tertiary/aromatic N) is 6. The van der Waals surface area contributed by atoms with Crippen LogP contribution in [0.1, 0.15) is 29.9 Å². The van der Waals surface area contributed by atoms with Crippen molar-refractivity contribution in [2.24, 2.45) is 0 Å². The van der Waals surface area contributed by atoms with Crippen LogP contribution in [0.2, 0.25) is 0 Å². The number of hydrogen-bond donors (Lipinski definition) is 1. The summed E-state index contributed by atoms with van der Waals surface area (Å²) in [6, 6.07) is 5.05. The minimum atomic E-state index is -0.947. The van der Waals surface area contributed by atoms with E-state index in [9.17, 15) is 13.6 Å². The third kappa shape index (κ3) is 4.24. The number of amides is 1. The molecule has 0 saturated heterocycles. The molecule has 1 amide bonds. The van der Waals surface area contributed by atoms with E-state index in [0.717, 1.165) is 35.3 Å². The summed E-state index contributed by atoms with van der Waals surface area (Å²) in [5, 5.41) is 12.8. The van der Waals surface area contributed by atoms with E-state index in [0.29, 0.717) is 16.7 Å². The predicted octanol–water partition coefficient (Wildman–Crippen LogP) is 2.38. The maximum absolute atomic E-state index is 13.5. The van der Waals surface area contributed by atoms with Gasteiger partial charge in [-0.25, -0.2) is 18.1 Å². The Bertz CT molecular complexity index is 1050. The van der Waals surface area contributed by atoms with Crippen LogP contribution >= 0.6 is 11.8 Å². The van der Waals surface area contributed by atoms with Gasteiger partial charge in [-0.05, 0) is 44.5 Å². The lowest BCUT2D eigenvalue weighted by atomic mass is 10.1. The van der Waals surface area contributed by atoms with Crippen molar-refractivity contribution >= 4 is 17.7 Å². The number of rotatable bonds is 6. The quantitative estimate of drug-likeness (QED) is 0.485. The maximum atomic E-state index is 13.5. The molecule has 3 rings (SSSR count). The Kier molecular flexibility index (Phi) is 5.87. The van der Waals surface area contributed by atoms with Crippen LogP contribution in [-0.4, -0.2) is 48.3 Å². The van der Waals surface area contributed by atoms with Crippen molar-refractivity contribution in [3.05, 3.63) is 52.9 Å². The topological polar surface area (TPSA) is 94.9 Å². The van der Waals surface area contributed by atoms with Gasteiger partial charge in [0, 0.05) is 12.7 Å². The van der Waals surface area contributed by atoms with E-state index >= 15 is 0 Å². The molecule has 154 valence electrons. The number of aryl methyl sites for hydroxylation is 2. The lowest BCUT2D eigenvalue weighted by molar-refractivity contribution is -0.128. The smallest absolute Gasteiger partial charge is 0.271 e. The molecule has 0 saturated carbocycles. The van der Waals surface area contributed by atoms with Crippen molar-refractivity contribution in [2.75, 3.05) is 18.6 Å². The third-order valence-corrected chi connectivity index (χ3v) is 5.50. The molecular formula is C18H21F2N7OS. The van der Waals surface area contributed by atoms with E-state index in [1.54, 1.807) is 18.7 Å². The van der Waals surface area contributed by atoms with E-state index in [2.05, 4.69) is 15.3 Å². The Morgan fingerprint density at radius 2 is 1.97 bits per heavy atom. The zero-order chi connectivity index (χ0) is 21.3. The zero-order valence-electron chi connectivity index (χ0n) is 16.4. The molecule has 0 aliphatic heterocycles. The molecule has 2 N–H and O–H groups in total. The van der Waals surface area contributed by atoms with Crippen LogP contribution in [0.15, 0.2) is 29.4 Å². The summed E-state index contributed by atoms with van der Waals surface area (Å²) in [6.45, 7) is 5.47. The van der Waals surface area contributed by atoms with Crippen molar-refractivity contribution in [1.82, 2.24) is 29.6 Å². The predicted molar refractivity (Wildman–Crippen MR) is 105 cm³/mol. The number of carbonyl (C=O) groups excluding carboxylic acids is 1. The van der Waals surface area contributed by atoms with Gasteiger partial charge in [-0.3, -0.25) is 4.79 Å². The van der Waals surface area contributed by atoms with Gasteiger partial charge < -0.3 is 10.7 Å². The van der Waals surface area contributed by atoms with Crippen molar-refractivity contribution < 1.29 is 13.6 Å². The number of halogens is 2. The zero-order valence-corrected chi connectivity index (χ0v) is 17.2. The molecule has 2 heterocycles. The number of nitrogen functional groups attached to an aromatic ring is 1. The van der Waals surface area contributed by atoms with Gasteiger partial charge in [0.05, 0.1) is 17.5 Å². The third-order valence-electron chi connectivity index (χ3n) is 4.57. The summed E-state index contributed by atoms with van der Waals surface area (Å²) in [5.41, 5.74) is 2.18. The molecule has 0 radical (unpaired) electrons. The first-order valence-corrected chi connectivity index (χ1v) is 9.75. The molecular weight excluding hydrogens is 400 g/mol. The van der Waals surface area contributed by atoms with E-state index in [1.807, 2.05) is 19.9 Å². The molecule has 1 atom stereocenters. The Morgan fingerprint density at radius 3 is 2.59 bits per heavy atom. The van der Waals surface area contributed by atoms with Gasteiger partial charge in [0.1, 0.15) is 0 Å². The largest absolute Gasteiger partial charge is 0.338 e. The summed E-state index contributed by atoms with van der Waals surface area (Å²) in [7, 11) is 1.60. The van der Waals surface area contributed by atoms with Crippen molar-refractivity contribution in [3.63, 3.8) is 0 Å². The molecule has 1 unspecified atom stereocenters. The Balaban J connectivity index is 1.67. The van der Waals surface area contributed by atoms with Gasteiger partial charge in [-0.1, -0.05) is 17.8 Å². The Morgan fingerprint density at radius 1 is 1.24 bits per heavy atom. The molecule has 8 nitrogen and oxygen atoms in total. The molecule has 1 aromatic carbocycles. The maximum Gasteiger partial charge on any atom is 0.271 e. The standard InChI is InChI=1S/C18H21F2N7OS/c1-10-7-11(2)27(24-10)17-22-23-18(26(17)21)29-9-16(28)25(4)12(3)13-5-6-14(19)15(20)8-13/h5-8,12H,9,21H2,1-4H3. The first-order chi connectivity index (χ1) is 13.7. The second-order valence-electron chi connectivity index (χ2n) is 6.63. The van der Waals surface area contributed by atoms with Crippen LogP contribution in [0.3, 0.4) is 0 Å². The monoisotopic (exact) mass is 421 g/mol. The minimum Gasteiger partial charge on any atom is -0.338 e. The fraction of sp³-hybridized carbons (Fsp3) is 0.333. The van der Waals surface area contributed by atoms with Gasteiger partial charge in [0.25, 0.3) is 5.95 Å². The Hall–Kier alpha value is -2.95. The second-order valence-corrected chi connectivity index (χ2v) is 7.58. The molecule has 0 aliphatic carbocycles. The van der Waals surface area contributed by atoms with E-state index in [4.69, 9.17) is 5.84 Å². The van der Waals surface area contributed by atoms with Gasteiger partial charge in [-0.2, -0.15) is 5.10 Å². The fourth-order valence-electron chi connectivity index (χ4n) is 2.78. The van der Waals surface area contributed by atoms with Crippen molar-refractivity contribution in [1.29, 1.82) is 0 Å². The molecule has 3 aromatic rings. The van der Waals surface area contributed by atoms with Crippen LogP contribution in [-0.2, 0) is 4.79 Å². The number of hydrogen-bond acceptors (Lipinski definition) is 6. The SMILES string of the molecule is Cc1cc(C)n(-c2nnc(SCC(=O)N(C)C(C)c3ccc(F)c(F)c3)n2N)n1. The van der Waals surface area contributed by atoms with Crippen LogP contribution < -0.4 is 5.84 Å². The van der Waals surface area contributed by atoms with Crippen LogP contribution in [0.5, 0.6) is 0 Å². The number of carbonyl (C=O) groups is 1. The Labute approximate surface area is 170 Å². The van der Waals surface area contributed by atoms with Gasteiger partial charge in [-0.15, -0.1) is 10.2 Å². The highest BCUT2D eigenvalue weighted by atomic mass is 32.2. The first kappa shape index (κ1) is 20.8. The number of nitrogens with two attached hydrogens (primary N) is 1. The highest BCUT2D eigenvalue weighted by molar-refractivity contribution is 7.99. The summed E-state index contributed by atoms with van der Waals surface area (Å²) < 4.78 is 29.4. The van der Waals surface area contributed by atoms with E-state index in [-0.39, 0.29) is 11.7 Å². The number of thioether (sulfide) groups is 1. The lowest BCUT2D eigenvalue weighted by Crippen LogP contribution is -2.31. The summed E-state index contributed by atoms with van der Waals surface area (Å²) in [5.74, 6) is 4.37. The van der Waals surface area contributed by atoms with E-state index in [1.165, 1.54) is 15.6 Å². The molecule has 2 aromatic heterocycles. The molecule has 11 heteroatoms. The fourth-order valence-corrected chi connectivity index (χ4v) is 3.56. The van der Waals surface area contributed by atoms with Gasteiger partial charge >= 0.3 is 0 Å². The molecule has 0 aliphatic rings. The first-order valence-electron chi connectivity index (χ1n) is 8.76. The van der Waals surface area contributed by atoms with Crippen molar-refractivity contribution in [2.45, 2.75) is 32.0 Å². The summed E-state index contributed by atoms with van der Waals surface area (Å²) in [4.78, 5) is 14.0. The lowest BCUT2D eigenvalue weighted by Gasteiger charge is -2.25. The molecule has 0 bridgehead atoms. The number of benzene rings is 1. The molecule has 0 fully saturated rings. The number of aromatic nitrogens is 5. The molecule has 0 spiro atoms. The summed E-state index contributed by atoms with van der Waals surface area (Å²) in [6.07, 6.45) is 0. The summed E-state index contributed by atoms with van der Waals surface area (Å²) >= 11 is 1.13. The van der Waals surface area contributed by atoms with Gasteiger partial charge in [0.15, 0.2) is 11.6 Å². The van der Waals surface area contributed by atoms with E-state index < -0.39 is 17.7 Å². The van der Waals surface area contributed by atoms with Crippen LogP contribution in [0.4, 0.5) is 8.78 Å². The highest BCUT2D eigenvalue weighted by Crippen LogP contribution is 2.23. The minimum absolute atomic E-state index is 0.0525. The van der Waals surface area contributed by atoms with Crippen LogP contribution in [0, 0.1) is 25.5 Å². The highest BCUT2D eigenvalue weighted by Gasteiger charge is 2.21. The average molecular weight is 421 g/mol. The average Bonchev–Trinajstić information content (AvgIpc) is 3.21. The van der Waals surface area contributed by atoms with Crippen LogP contribution in [0.25, 0.3) is 5.95 Å².